The van der Waals surface area contributed by atoms with Crippen LogP contribution >= 0.6 is 11.6 Å². The zero-order valence-electron chi connectivity index (χ0n) is 15.6. The number of hydrogen-bond donors (Lipinski definition) is 1. The maximum Gasteiger partial charge on any atom is 0.407 e. The van der Waals surface area contributed by atoms with Crippen molar-refractivity contribution in [2.24, 2.45) is 0 Å². The molecule has 4 nitrogen and oxygen atoms in total. The lowest BCUT2D eigenvalue weighted by atomic mass is 9.94. The molecule has 9 heteroatoms. The maximum absolute atomic E-state index is 13.4. The van der Waals surface area contributed by atoms with Crippen molar-refractivity contribution in [2.45, 2.75) is 31.7 Å². The van der Waals surface area contributed by atoms with Crippen molar-refractivity contribution in [2.75, 3.05) is 0 Å². The predicted molar refractivity (Wildman–Crippen MR) is 104 cm³/mol. The van der Waals surface area contributed by atoms with E-state index in [1.165, 1.54) is 42.0 Å². The predicted octanol–water partition coefficient (Wildman–Crippen LogP) is 5.57. The third-order valence-corrected chi connectivity index (χ3v) is 5.03. The number of aliphatic hydroxyl groups is 1. The van der Waals surface area contributed by atoms with Crippen LogP contribution in [0.1, 0.15) is 18.1 Å². The summed E-state index contributed by atoms with van der Waals surface area (Å²) in [4.78, 5) is 15.5. The molecule has 1 atom stereocenters. The van der Waals surface area contributed by atoms with E-state index < -0.39 is 41.0 Å². The number of carbonyl (C=O) groups is 1. The molecule has 30 heavy (non-hydrogen) atoms. The highest BCUT2D eigenvalue weighted by Crippen LogP contribution is 2.37. The van der Waals surface area contributed by atoms with Crippen LogP contribution < -0.4 is 0 Å². The zero-order valence-corrected chi connectivity index (χ0v) is 16.4. The number of benzene rings is 2. The van der Waals surface area contributed by atoms with Crippen molar-refractivity contribution < 1.29 is 27.5 Å². The van der Waals surface area contributed by atoms with Crippen LogP contribution in [0.15, 0.2) is 42.6 Å². The highest BCUT2D eigenvalue weighted by Gasteiger charge is 2.35. The summed E-state index contributed by atoms with van der Waals surface area (Å²) in [5.74, 6) is -1.21. The fourth-order valence-corrected chi connectivity index (χ4v) is 3.44. The minimum absolute atomic E-state index is 0.0254. The first-order valence-electron chi connectivity index (χ1n) is 8.69. The fourth-order valence-electron chi connectivity index (χ4n) is 3.17. The number of hydrogen-bond acceptors (Lipinski definition) is 2. The number of aromatic nitrogens is 1. The summed E-state index contributed by atoms with van der Waals surface area (Å²) in [6.07, 6.45) is -3.76. The molecule has 0 spiro atoms. The highest BCUT2D eigenvalue weighted by atomic mass is 35.5. The smallest absolute Gasteiger partial charge is 0.380 e. The first kappa shape index (κ1) is 21.8. The van der Waals surface area contributed by atoms with E-state index in [-0.39, 0.29) is 17.1 Å². The van der Waals surface area contributed by atoms with Gasteiger partial charge in [-0.1, -0.05) is 29.8 Å². The van der Waals surface area contributed by atoms with E-state index in [2.05, 4.69) is 4.85 Å². The molecule has 3 aromatic rings. The molecule has 0 fully saturated rings. The average Bonchev–Trinajstić information content (AvgIpc) is 2.95. The Morgan fingerprint density at radius 2 is 1.93 bits per heavy atom. The molecule has 0 aliphatic rings. The molecule has 0 unspecified atom stereocenters. The second-order valence-electron chi connectivity index (χ2n) is 7.10. The standard InChI is InChI=1S/C21H15ClF4N2O2/c1-20(30,11-28-10-16(22)14-9-13(23)4-6-18(14)28)19(29)8-12-3-5-17(27-2)15(7-12)21(24,25)26/h3-7,9-10,30H,8,11H2,1H3/t20-/m0/s1. The second-order valence-corrected chi connectivity index (χ2v) is 7.51. The Bertz CT molecular complexity index is 1180. The Hall–Kier alpha value is -2.89. The van der Waals surface area contributed by atoms with Crippen LogP contribution in [-0.4, -0.2) is 21.1 Å². The Kier molecular flexibility index (Phi) is 5.63. The van der Waals surface area contributed by atoms with Gasteiger partial charge in [0.05, 0.1) is 23.7 Å². The largest absolute Gasteiger partial charge is 0.407 e. The summed E-state index contributed by atoms with van der Waals surface area (Å²) in [6.45, 7) is 7.88. The van der Waals surface area contributed by atoms with E-state index >= 15 is 0 Å². The normalized spacial score (nSPS) is 13.8. The van der Waals surface area contributed by atoms with Gasteiger partial charge in [0, 0.05) is 23.5 Å². The maximum atomic E-state index is 13.4. The van der Waals surface area contributed by atoms with E-state index in [0.29, 0.717) is 10.9 Å². The van der Waals surface area contributed by atoms with E-state index in [1.807, 2.05) is 0 Å². The van der Waals surface area contributed by atoms with Gasteiger partial charge in [-0.2, -0.15) is 13.2 Å². The van der Waals surface area contributed by atoms with Crippen molar-refractivity contribution in [3.63, 3.8) is 0 Å². The van der Waals surface area contributed by atoms with Gasteiger partial charge in [-0.05, 0) is 30.7 Å². The van der Waals surface area contributed by atoms with Crippen molar-refractivity contribution in [1.82, 2.24) is 4.57 Å². The molecule has 3 rings (SSSR count). The molecule has 2 aromatic carbocycles. The third kappa shape index (κ3) is 4.32. The number of ketones is 1. The number of carbonyl (C=O) groups excluding carboxylic acids is 1. The SMILES string of the molecule is [C-]#[N+]c1ccc(CC(=O)[C@@](C)(O)Cn2cc(Cl)c3cc(F)ccc32)cc1C(F)(F)F. The van der Waals surface area contributed by atoms with Gasteiger partial charge >= 0.3 is 6.18 Å². The summed E-state index contributed by atoms with van der Waals surface area (Å²) in [5, 5.41) is 11.3. The fraction of sp³-hybridized carbons (Fsp3) is 0.238. The number of halogens is 5. The van der Waals surface area contributed by atoms with Gasteiger partial charge in [0.15, 0.2) is 11.5 Å². The van der Waals surface area contributed by atoms with Crippen LogP contribution in [0.5, 0.6) is 0 Å². The van der Waals surface area contributed by atoms with Crippen molar-refractivity contribution in [1.29, 1.82) is 0 Å². The molecule has 1 aromatic heterocycles. The molecular weight excluding hydrogens is 424 g/mol. The molecule has 0 radical (unpaired) electrons. The Labute approximate surface area is 174 Å². The van der Waals surface area contributed by atoms with Crippen molar-refractivity contribution >= 4 is 34.0 Å². The molecule has 0 amide bonds. The van der Waals surface area contributed by atoms with Gasteiger partial charge in [0.1, 0.15) is 11.4 Å². The Morgan fingerprint density at radius 3 is 2.57 bits per heavy atom. The van der Waals surface area contributed by atoms with E-state index in [9.17, 15) is 27.5 Å². The van der Waals surface area contributed by atoms with Crippen LogP contribution in [0.2, 0.25) is 5.02 Å². The van der Waals surface area contributed by atoms with Crippen LogP contribution in [0, 0.1) is 12.4 Å². The summed E-state index contributed by atoms with van der Waals surface area (Å²) in [5.41, 5.74) is -3.10. The summed E-state index contributed by atoms with van der Waals surface area (Å²) in [6, 6.07) is 6.88. The number of nitrogens with zero attached hydrogens (tertiary/aromatic N) is 2. The first-order valence-corrected chi connectivity index (χ1v) is 9.07. The van der Waals surface area contributed by atoms with Crippen LogP contribution in [0.3, 0.4) is 0 Å². The molecule has 0 saturated heterocycles. The quantitative estimate of drug-likeness (QED) is 0.418. The van der Waals surface area contributed by atoms with Gasteiger partial charge in [-0.15, -0.1) is 0 Å². The lowest BCUT2D eigenvalue weighted by molar-refractivity contribution is -0.138. The second kappa shape index (κ2) is 7.74. The minimum Gasteiger partial charge on any atom is -0.380 e. The van der Waals surface area contributed by atoms with Gasteiger partial charge < -0.3 is 9.67 Å². The topological polar surface area (TPSA) is 46.6 Å². The molecule has 0 aliphatic heterocycles. The third-order valence-electron chi connectivity index (χ3n) is 4.72. The molecule has 0 saturated carbocycles. The molecule has 0 bridgehead atoms. The highest BCUT2D eigenvalue weighted by molar-refractivity contribution is 6.35. The summed E-state index contributed by atoms with van der Waals surface area (Å²) in [7, 11) is 0. The lowest BCUT2D eigenvalue weighted by Crippen LogP contribution is -2.40. The monoisotopic (exact) mass is 438 g/mol. The van der Waals surface area contributed by atoms with Crippen molar-refractivity contribution in [3.05, 3.63) is 76.0 Å². The molecule has 156 valence electrons. The lowest BCUT2D eigenvalue weighted by Gasteiger charge is -2.23. The van der Waals surface area contributed by atoms with Crippen LogP contribution in [0.4, 0.5) is 23.2 Å². The molecule has 0 aliphatic carbocycles. The summed E-state index contributed by atoms with van der Waals surface area (Å²) >= 11 is 6.09. The molecule has 1 N–H and O–H groups in total. The van der Waals surface area contributed by atoms with Gasteiger partial charge in [-0.3, -0.25) is 4.79 Å². The molecular formula is C21H15ClF4N2O2. The first-order chi connectivity index (χ1) is 13.9. The molecule has 1 heterocycles. The van der Waals surface area contributed by atoms with Crippen molar-refractivity contribution in [3.8, 4) is 0 Å². The average molecular weight is 439 g/mol. The number of fused-ring (bicyclic) bond motifs is 1. The van der Waals surface area contributed by atoms with E-state index in [0.717, 1.165) is 12.1 Å². The summed E-state index contributed by atoms with van der Waals surface area (Å²) < 4.78 is 54.3. The number of Topliss-reactive ketones (excluding diaryl/α,β-unsaturated/α-hetero) is 1. The van der Waals surface area contributed by atoms with E-state index in [4.69, 9.17) is 18.2 Å². The van der Waals surface area contributed by atoms with E-state index in [1.54, 1.807) is 0 Å². The Morgan fingerprint density at radius 1 is 1.23 bits per heavy atom. The van der Waals surface area contributed by atoms with Gasteiger partial charge in [-0.25, -0.2) is 9.24 Å². The van der Waals surface area contributed by atoms with Gasteiger partial charge in [0.25, 0.3) is 0 Å². The van der Waals surface area contributed by atoms with Gasteiger partial charge in [0.2, 0.25) is 0 Å². The zero-order chi connectivity index (χ0) is 22.3. The van der Waals surface area contributed by atoms with Crippen LogP contribution in [-0.2, 0) is 23.9 Å². The van der Waals surface area contributed by atoms with Crippen LogP contribution in [0.25, 0.3) is 15.7 Å². The minimum atomic E-state index is -4.74. The number of rotatable bonds is 5. The number of alkyl halides is 3. The Balaban J connectivity index is 1.86.